The summed E-state index contributed by atoms with van der Waals surface area (Å²) in [5, 5.41) is 0. The Hall–Kier alpha value is -1.76. The summed E-state index contributed by atoms with van der Waals surface area (Å²) in [6.45, 7) is 19.9. The van der Waals surface area contributed by atoms with Gasteiger partial charge in [0, 0.05) is 18.8 Å². The van der Waals surface area contributed by atoms with Crippen molar-refractivity contribution >= 4 is 0 Å². The minimum atomic E-state index is 0.550. The molecule has 0 radical (unpaired) electrons. The fraction of sp³-hybridized carbons (Fsp3) is 0.500. The summed E-state index contributed by atoms with van der Waals surface area (Å²) in [6.07, 6.45) is 6.63. The standard InChI is InChI=1S/C24H37N/c1-18(2)12-11-15-24(21(7)8)25(16-19(3)4)17-22-13-9-10-14-23(22)20(5)6/h9-15,19-20H,16-17H2,1-8H3/b15-11-. The minimum Gasteiger partial charge on any atom is -0.367 e. The van der Waals surface area contributed by atoms with Crippen LogP contribution in [0.3, 0.4) is 0 Å². The fourth-order valence-electron chi connectivity index (χ4n) is 3.06. The van der Waals surface area contributed by atoms with Crippen molar-refractivity contribution in [1.29, 1.82) is 0 Å². The van der Waals surface area contributed by atoms with E-state index in [0.29, 0.717) is 11.8 Å². The Labute approximate surface area is 156 Å². The second kappa shape index (κ2) is 10.3. The molecular formula is C24H37N. The first-order valence-electron chi connectivity index (χ1n) is 9.54. The molecule has 0 saturated carbocycles. The number of allylic oxidation sites excluding steroid dienone is 5. The molecule has 0 spiro atoms. The lowest BCUT2D eigenvalue weighted by atomic mass is 9.96. The number of hydrogen-bond acceptors (Lipinski definition) is 1. The normalized spacial score (nSPS) is 11.3. The number of hydrogen-bond donors (Lipinski definition) is 0. The molecule has 0 aliphatic rings. The molecule has 0 aliphatic heterocycles. The van der Waals surface area contributed by atoms with Crippen LogP contribution in [-0.4, -0.2) is 11.4 Å². The van der Waals surface area contributed by atoms with Crippen molar-refractivity contribution in [3.63, 3.8) is 0 Å². The van der Waals surface area contributed by atoms with E-state index in [4.69, 9.17) is 0 Å². The van der Waals surface area contributed by atoms with E-state index in [9.17, 15) is 0 Å². The summed E-state index contributed by atoms with van der Waals surface area (Å²) in [7, 11) is 0. The molecule has 0 heterocycles. The lowest BCUT2D eigenvalue weighted by Gasteiger charge is -2.30. The Balaban J connectivity index is 3.21. The molecule has 0 bridgehead atoms. The monoisotopic (exact) mass is 339 g/mol. The largest absolute Gasteiger partial charge is 0.367 e. The second-order valence-electron chi connectivity index (χ2n) is 8.12. The van der Waals surface area contributed by atoms with Gasteiger partial charge in [-0.1, -0.05) is 75.3 Å². The van der Waals surface area contributed by atoms with Gasteiger partial charge in [-0.25, -0.2) is 0 Å². The van der Waals surface area contributed by atoms with Gasteiger partial charge in [-0.15, -0.1) is 0 Å². The minimum absolute atomic E-state index is 0.550. The van der Waals surface area contributed by atoms with Crippen molar-refractivity contribution in [1.82, 2.24) is 4.90 Å². The van der Waals surface area contributed by atoms with Crippen molar-refractivity contribution in [3.05, 3.63) is 70.5 Å². The molecule has 0 aliphatic carbocycles. The molecule has 0 N–H and O–H groups in total. The number of rotatable bonds is 8. The van der Waals surface area contributed by atoms with Crippen molar-refractivity contribution in [2.24, 2.45) is 5.92 Å². The van der Waals surface area contributed by atoms with Crippen LogP contribution < -0.4 is 0 Å². The lowest BCUT2D eigenvalue weighted by molar-refractivity contribution is 0.302. The molecule has 1 heteroatoms. The number of nitrogens with zero attached hydrogens (tertiary/aromatic N) is 1. The molecule has 0 saturated heterocycles. The van der Waals surface area contributed by atoms with E-state index in [1.165, 1.54) is 28.0 Å². The van der Waals surface area contributed by atoms with Gasteiger partial charge in [-0.2, -0.15) is 0 Å². The smallest absolute Gasteiger partial charge is 0.0432 e. The zero-order chi connectivity index (χ0) is 19.0. The molecule has 1 aromatic carbocycles. The van der Waals surface area contributed by atoms with Gasteiger partial charge in [0.25, 0.3) is 0 Å². The topological polar surface area (TPSA) is 3.24 Å². The Kier molecular flexibility index (Phi) is 8.75. The van der Waals surface area contributed by atoms with Crippen LogP contribution in [0.15, 0.2) is 59.3 Å². The number of benzene rings is 1. The summed E-state index contributed by atoms with van der Waals surface area (Å²) in [4.78, 5) is 2.54. The van der Waals surface area contributed by atoms with Crippen LogP contribution >= 0.6 is 0 Å². The van der Waals surface area contributed by atoms with Crippen LogP contribution in [-0.2, 0) is 6.54 Å². The SMILES string of the molecule is CC(C)=C/C=C\C(=C(C)C)N(Cc1ccccc1C(C)C)CC(C)C. The van der Waals surface area contributed by atoms with Crippen LogP contribution in [0.1, 0.15) is 72.4 Å². The average molecular weight is 340 g/mol. The van der Waals surface area contributed by atoms with Gasteiger partial charge >= 0.3 is 0 Å². The Morgan fingerprint density at radius 1 is 1.00 bits per heavy atom. The van der Waals surface area contributed by atoms with Crippen LogP contribution in [0.2, 0.25) is 0 Å². The lowest BCUT2D eigenvalue weighted by Crippen LogP contribution is -2.27. The summed E-state index contributed by atoms with van der Waals surface area (Å²) in [5.74, 6) is 1.17. The van der Waals surface area contributed by atoms with Crippen molar-refractivity contribution < 1.29 is 0 Å². The maximum Gasteiger partial charge on any atom is 0.0432 e. The van der Waals surface area contributed by atoms with Crippen LogP contribution in [0.5, 0.6) is 0 Å². The van der Waals surface area contributed by atoms with E-state index in [1.54, 1.807) is 0 Å². The zero-order valence-corrected chi connectivity index (χ0v) is 17.6. The maximum atomic E-state index is 2.54. The third kappa shape index (κ3) is 7.34. The molecule has 0 aromatic heterocycles. The predicted molar refractivity (Wildman–Crippen MR) is 113 cm³/mol. The highest BCUT2D eigenvalue weighted by molar-refractivity contribution is 5.32. The summed E-state index contributed by atoms with van der Waals surface area (Å²) in [5.41, 5.74) is 6.92. The third-order valence-corrected chi connectivity index (χ3v) is 4.16. The van der Waals surface area contributed by atoms with Crippen molar-refractivity contribution in [3.8, 4) is 0 Å². The second-order valence-corrected chi connectivity index (χ2v) is 8.12. The maximum absolute atomic E-state index is 2.54. The predicted octanol–water partition coefficient (Wildman–Crippen LogP) is 7.08. The molecule has 138 valence electrons. The highest BCUT2D eigenvalue weighted by atomic mass is 15.1. The molecule has 1 aromatic rings. The molecule has 1 nitrogen and oxygen atoms in total. The van der Waals surface area contributed by atoms with E-state index in [-0.39, 0.29) is 0 Å². The van der Waals surface area contributed by atoms with Gasteiger partial charge in [0.15, 0.2) is 0 Å². The molecular weight excluding hydrogens is 302 g/mol. The Morgan fingerprint density at radius 3 is 2.16 bits per heavy atom. The van der Waals surface area contributed by atoms with Gasteiger partial charge in [-0.05, 0) is 56.7 Å². The Bertz CT molecular complexity index is 621. The molecule has 0 fully saturated rings. The Morgan fingerprint density at radius 2 is 1.64 bits per heavy atom. The summed E-state index contributed by atoms with van der Waals surface area (Å²) in [6, 6.07) is 8.87. The molecule has 1 rings (SSSR count). The van der Waals surface area contributed by atoms with E-state index in [2.05, 4.69) is 103 Å². The van der Waals surface area contributed by atoms with Crippen LogP contribution in [0.25, 0.3) is 0 Å². The van der Waals surface area contributed by atoms with Crippen LogP contribution in [0.4, 0.5) is 0 Å². The van der Waals surface area contributed by atoms with Gasteiger partial charge in [0.1, 0.15) is 0 Å². The van der Waals surface area contributed by atoms with E-state index < -0.39 is 0 Å². The first-order valence-corrected chi connectivity index (χ1v) is 9.54. The van der Waals surface area contributed by atoms with Gasteiger partial charge in [-0.3, -0.25) is 0 Å². The molecule has 0 atom stereocenters. The van der Waals surface area contributed by atoms with Crippen LogP contribution in [0, 0.1) is 5.92 Å². The van der Waals surface area contributed by atoms with E-state index in [0.717, 1.165) is 13.1 Å². The average Bonchev–Trinajstić information content (AvgIpc) is 2.50. The molecule has 0 amide bonds. The first kappa shape index (κ1) is 21.3. The summed E-state index contributed by atoms with van der Waals surface area (Å²) < 4.78 is 0. The van der Waals surface area contributed by atoms with E-state index in [1.807, 2.05) is 0 Å². The fourth-order valence-corrected chi connectivity index (χ4v) is 3.06. The molecule has 25 heavy (non-hydrogen) atoms. The van der Waals surface area contributed by atoms with E-state index >= 15 is 0 Å². The highest BCUT2D eigenvalue weighted by Crippen LogP contribution is 2.24. The quantitative estimate of drug-likeness (QED) is 0.457. The van der Waals surface area contributed by atoms with Gasteiger partial charge in [0.05, 0.1) is 0 Å². The van der Waals surface area contributed by atoms with Crippen molar-refractivity contribution in [2.45, 2.75) is 67.9 Å². The van der Waals surface area contributed by atoms with Gasteiger partial charge < -0.3 is 4.90 Å². The third-order valence-electron chi connectivity index (χ3n) is 4.16. The summed E-state index contributed by atoms with van der Waals surface area (Å²) >= 11 is 0. The molecule has 0 unspecified atom stereocenters. The van der Waals surface area contributed by atoms with Gasteiger partial charge in [0.2, 0.25) is 0 Å². The highest BCUT2D eigenvalue weighted by Gasteiger charge is 2.14. The zero-order valence-electron chi connectivity index (χ0n) is 17.6. The van der Waals surface area contributed by atoms with Crippen molar-refractivity contribution in [2.75, 3.05) is 6.54 Å². The first-order chi connectivity index (χ1) is 11.7.